The maximum Gasteiger partial charge on any atom is 0.326 e. The zero-order valence-electron chi connectivity index (χ0n) is 10.5. The molecule has 0 aliphatic carbocycles. The van der Waals surface area contributed by atoms with Gasteiger partial charge in [0.05, 0.1) is 12.8 Å². The van der Waals surface area contributed by atoms with Crippen LogP contribution in [-0.4, -0.2) is 24.8 Å². The van der Waals surface area contributed by atoms with Crippen molar-refractivity contribution < 1.29 is 19.1 Å². The summed E-state index contributed by atoms with van der Waals surface area (Å²) in [6, 6.07) is 3.16. The number of aryl methyl sites for hydroxylation is 1. The number of carbonyl (C=O) groups excluding carboxylic acids is 3. The molecule has 2 rings (SSSR count). The molecular formula is C13H12ClNO4. The topological polar surface area (TPSA) is 72.5 Å². The van der Waals surface area contributed by atoms with Crippen LogP contribution >= 0.6 is 11.6 Å². The van der Waals surface area contributed by atoms with Gasteiger partial charge in [-0.25, -0.2) is 0 Å². The Labute approximate surface area is 114 Å². The highest BCUT2D eigenvalue weighted by molar-refractivity contribution is 6.33. The smallest absolute Gasteiger partial charge is 0.326 e. The van der Waals surface area contributed by atoms with Crippen molar-refractivity contribution in [1.29, 1.82) is 0 Å². The fraction of sp³-hybridized carbons (Fsp3) is 0.308. The van der Waals surface area contributed by atoms with E-state index in [9.17, 15) is 14.4 Å². The van der Waals surface area contributed by atoms with Gasteiger partial charge in [0.25, 0.3) is 0 Å². The monoisotopic (exact) mass is 281 g/mol. The summed E-state index contributed by atoms with van der Waals surface area (Å²) < 4.78 is 4.50. The Morgan fingerprint density at radius 2 is 2.11 bits per heavy atom. The summed E-state index contributed by atoms with van der Waals surface area (Å²) in [5.41, 5.74) is 1.38. The second-order valence-corrected chi connectivity index (χ2v) is 4.59. The van der Waals surface area contributed by atoms with Crippen LogP contribution in [0, 0.1) is 5.92 Å². The van der Waals surface area contributed by atoms with Crippen LogP contribution in [0.15, 0.2) is 12.1 Å². The van der Waals surface area contributed by atoms with Crippen LogP contribution in [0.4, 0.5) is 5.69 Å². The summed E-state index contributed by atoms with van der Waals surface area (Å²) in [6.45, 7) is 1.86. The standard InChI is InChI=1S/C13H12ClNO4/c1-3-6-4-7(14)5-8-9(6)11(16)10(12(17)15-8)13(18)19-2/h4-5,10H,3H2,1-2H3,(H,15,17). The second-order valence-electron chi connectivity index (χ2n) is 4.15. The van der Waals surface area contributed by atoms with E-state index in [-0.39, 0.29) is 0 Å². The summed E-state index contributed by atoms with van der Waals surface area (Å²) in [5.74, 6) is -3.53. The minimum atomic E-state index is -1.44. The quantitative estimate of drug-likeness (QED) is 0.663. The lowest BCUT2D eigenvalue weighted by Gasteiger charge is -2.24. The molecule has 0 radical (unpaired) electrons. The number of hydrogen-bond acceptors (Lipinski definition) is 4. The predicted octanol–water partition coefficient (Wildman–Crippen LogP) is 1.83. The van der Waals surface area contributed by atoms with Gasteiger partial charge in [-0.1, -0.05) is 18.5 Å². The van der Waals surface area contributed by atoms with Crippen molar-refractivity contribution >= 4 is 34.9 Å². The third-order valence-electron chi connectivity index (χ3n) is 3.03. The molecule has 1 aromatic carbocycles. The van der Waals surface area contributed by atoms with E-state index in [1.54, 1.807) is 6.07 Å². The zero-order chi connectivity index (χ0) is 14.2. The molecule has 0 aromatic heterocycles. The summed E-state index contributed by atoms with van der Waals surface area (Å²) in [5, 5.41) is 2.96. The predicted molar refractivity (Wildman–Crippen MR) is 69.3 cm³/mol. The van der Waals surface area contributed by atoms with E-state index in [1.807, 2.05) is 6.92 Å². The average Bonchev–Trinajstić information content (AvgIpc) is 2.36. The van der Waals surface area contributed by atoms with E-state index in [2.05, 4.69) is 10.1 Å². The average molecular weight is 282 g/mol. The van der Waals surface area contributed by atoms with Crippen molar-refractivity contribution in [3.63, 3.8) is 0 Å². The Morgan fingerprint density at radius 1 is 1.42 bits per heavy atom. The minimum absolute atomic E-state index is 0.335. The van der Waals surface area contributed by atoms with Crippen molar-refractivity contribution in [3.05, 3.63) is 28.3 Å². The van der Waals surface area contributed by atoms with Crippen LogP contribution in [0.2, 0.25) is 5.02 Å². The van der Waals surface area contributed by atoms with E-state index in [1.165, 1.54) is 6.07 Å². The number of carbonyl (C=O) groups is 3. The van der Waals surface area contributed by atoms with Crippen molar-refractivity contribution in [2.75, 3.05) is 12.4 Å². The summed E-state index contributed by atoms with van der Waals surface area (Å²) in [6.07, 6.45) is 0.568. The molecule has 5 nitrogen and oxygen atoms in total. The van der Waals surface area contributed by atoms with Crippen LogP contribution in [0.1, 0.15) is 22.8 Å². The van der Waals surface area contributed by atoms with Gasteiger partial charge in [-0.15, -0.1) is 0 Å². The van der Waals surface area contributed by atoms with Crippen LogP contribution in [0.3, 0.4) is 0 Å². The zero-order valence-corrected chi connectivity index (χ0v) is 11.2. The number of nitrogens with one attached hydrogen (secondary N) is 1. The first-order valence-electron chi connectivity index (χ1n) is 5.75. The molecule has 100 valence electrons. The number of anilines is 1. The Kier molecular flexibility index (Phi) is 3.57. The number of fused-ring (bicyclic) bond motifs is 1. The summed E-state index contributed by atoms with van der Waals surface area (Å²) in [4.78, 5) is 35.7. The van der Waals surface area contributed by atoms with Crippen molar-refractivity contribution in [3.8, 4) is 0 Å². The molecule has 1 amide bonds. The summed E-state index contributed by atoms with van der Waals surface area (Å²) >= 11 is 5.93. The molecule has 1 N–H and O–H groups in total. The van der Waals surface area contributed by atoms with Crippen molar-refractivity contribution in [1.82, 2.24) is 0 Å². The van der Waals surface area contributed by atoms with Gasteiger partial charge < -0.3 is 10.1 Å². The molecule has 1 atom stereocenters. The molecule has 1 aliphatic rings. The molecule has 19 heavy (non-hydrogen) atoms. The molecule has 1 unspecified atom stereocenters. The van der Waals surface area contributed by atoms with E-state index in [4.69, 9.17) is 11.6 Å². The lowest BCUT2D eigenvalue weighted by molar-refractivity contribution is -0.146. The molecule has 6 heteroatoms. The van der Waals surface area contributed by atoms with Crippen molar-refractivity contribution in [2.45, 2.75) is 13.3 Å². The van der Waals surface area contributed by atoms with Crippen molar-refractivity contribution in [2.24, 2.45) is 5.92 Å². The van der Waals surface area contributed by atoms with E-state index >= 15 is 0 Å². The highest BCUT2D eigenvalue weighted by Gasteiger charge is 2.41. The maximum absolute atomic E-state index is 12.3. The number of methoxy groups -OCH3 is 1. The van der Waals surface area contributed by atoms with Crippen LogP contribution in [0.25, 0.3) is 0 Å². The molecular weight excluding hydrogens is 270 g/mol. The largest absolute Gasteiger partial charge is 0.468 e. The van der Waals surface area contributed by atoms with Gasteiger partial charge in [0.2, 0.25) is 5.91 Å². The molecule has 0 saturated carbocycles. The molecule has 1 aromatic rings. The molecule has 0 saturated heterocycles. The van der Waals surface area contributed by atoms with Crippen LogP contribution in [-0.2, 0) is 20.7 Å². The third-order valence-corrected chi connectivity index (χ3v) is 3.25. The lowest BCUT2D eigenvalue weighted by Crippen LogP contribution is -2.41. The van der Waals surface area contributed by atoms with Gasteiger partial charge >= 0.3 is 5.97 Å². The number of benzene rings is 1. The van der Waals surface area contributed by atoms with Gasteiger partial charge in [-0.2, -0.15) is 0 Å². The molecule has 0 fully saturated rings. The normalized spacial score (nSPS) is 17.7. The number of amides is 1. The highest BCUT2D eigenvalue weighted by atomic mass is 35.5. The first-order chi connectivity index (χ1) is 8.99. The van der Waals surface area contributed by atoms with Gasteiger partial charge in [0.15, 0.2) is 11.7 Å². The molecule has 1 aliphatic heterocycles. The minimum Gasteiger partial charge on any atom is -0.468 e. The first-order valence-corrected chi connectivity index (χ1v) is 6.12. The number of ketones is 1. The van der Waals surface area contributed by atoms with E-state index in [0.29, 0.717) is 28.3 Å². The van der Waals surface area contributed by atoms with E-state index in [0.717, 1.165) is 7.11 Å². The third kappa shape index (κ3) is 2.21. The molecule has 1 heterocycles. The number of rotatable bonds is 2. The molecule has 0 bridgehead atoms. The fourth-order valence-electron chi connectivity index (χ4n) is 2.13. The Hall–Kier alpha value is -1.88. The Morgan fingerprint density at radius 3 is 2.68 bits per heavy atom. The highest BCUT2D eigenvalue weighted by Crippen LogP contribution is 2.32. The number of ether oxygens (including phenoxy) is 1. The van der Waals surface area contributed by atoms with Gasteiger partial charge in [0.1, 0.15) is 0 Å². The van der Waals surface area contributed by atoms with Crippen LogP contribution < -0.4 is 5.32 Å². The summed E-state index contributed by atoms with van der Waals surface area (Å²) in [7, 11) is 1.14. The van der Waals surface area contributed by atoms with Gasteiger partial charge in [-0.3, -0.25) is 14.4 Å². The maximum atomic E-state index is 12.3. The Bertz CT molecular complexity index is 582. The number of hydrogen-bond donors (Lipinski definition) is 1. The number of esters is 1. The van der Waals surface area contributed by atoms with Gasteiger partial charge in [0, 0.05) is 10.6 Å². The number of halogens is 1. The Balaban J connectivity index is 2.58. The SMILES string of the molecule is CCc1cc(Cl)cc2c1C(=O)C(C(=O)OC)C(=O)N2. The molecule has 0 spiro atoms. The second kappa shape index (κ2) is 5.01. The first kappa shape index (κ1) is 13.5. The number of Topliss-reactive ketones (excluding diaryl/α,β-unsaturated/α-hetero) is 1. The van der Waals surface area contributed by atoms with Gasteiger partial charge in [-0.05, 0) is 24.1 Å². The van der Waals surface area contributed by atoms with E-state index < -0.39 is 23.6 Å². The van der Waals surface area contributed by atoms with Crippen LogP contribution in [0.5, 0.6) is 0 Å². The lowest BCUT2D eigenvalue weighted by atomic mass is 9.88. The fourth-order valence-corrected chi connectivity index (χ4v) is 2.37.